The number of anilines is 1. The molecule has 0 radical (unpaired) electrons. The fourth-order valence-corrected chi connectivity index (χ4v) is 3.49. The van der Waals surface area contributed by atoms with E-state index >= 15 is 0 Å². The van der Waals surface area contributed by atoms with Crippen LogP contribution in [0.5, 0.6) is 0 Å². The van der Waals surface area contributed by atoms with Gasteiger partial charge < -0.3 is 10.4 Å². The number of para-hydroxylation sites is 1. The van der Waals surface area contributed by atoms with Crippen LogP contribution in [0.15, 0.2) is 29.2 Å². The van der Waals surface area contributed by atoms with Crippen LogP contribution in [-0.4, -0.2) is 47.9 Å². The van der Waals surface area contributed by atoms with Gasteiger partial charge in [0.25, 0.3) is 0 Å². The maximum absolute atomic E-state index is 12.1. The summed E-state index contributed by atoms with van der Waals surface area (Å²) >= 11 is 1.61. The number of rotatable bonds is 6. The van der Waals surface area contributed by atoms with Crippen LogP contribution in [0.25, 0.3) is 0 Å². The van der Waals surface area contributed by atoms with Crippen molar-refractivity contribution in [3.63, 3.8) is 0 Å². The van der Waals surface area contributed by atoms with Crippen LogP contribution in [0.3, 0.4) is 0 Å². The van der Waals surface area contributed by atoms with Crippen molar-refractivity contribution in [1.82, 2.24) is 4.90 Å². The van der Waals surface area contributed by atoms with Gasteiger partial charge in [-0.1, -0.05) is 25.0 Å². The van der Waals surface area contributed by atoms with Crippen LogP contribution in [0, 0.1) is 0 Å². The molecular weight excluding hydrogens is 284 g/mol. The normalized spacial score (nSPS) is 17.1. The SMILES string of the molecule is CSc1ccccc1NC(=O)CN(C)CC1(O)CCCC1. The van der Waals surface area contributed by atoms with E-state index < -0.39 is 5.60 Å². The molecule has 0 saturated heterocycles. The summed E-state index contributed by atoms with van der Waals surface area (Å²) in [7, 11) is 1.89. The zero-order chi connectivity index (χ0) is 15.3. The van der Waals surface area contributed by atoms with Gasteiger partial charge in [0.2, 0.25) is 5.91 Å². The lowest BCUT2D eigenvalue weighted by atomic mass is 10.0. The van der Waals surface area contributed by atoms with Crippen molar-refractivity contribution in [2.45, 2.75) is 36.2 Å². The standard InChI is InChI=1S/C16H24N2O2S/c1-18(12-16(20)9-5-6-10-16)11-15(19)17-13-7-3-4-8-14(13)21-2/h3-4,7-8,20H,5-6,9-12H2,1-2H3,(H,17,19). The molecule has 1 aliphatic rings. The van der Waals surface area contributed by atoms with Crippen molar-refractivity contribution in [3.8, 4) is 0 Å². The van der Waals surface area contributed by atoms with Crippen molar-refractivity contribution in [1.29, 1.82) is 0 Å². The van der Waals surface area contributed by atoms with Gasteiger partial charge in [-0.25, -0.2) is 0 Å². The third kappa shape index (κ3) is 4.73. The Morgan fingerprint density at radius 1 is 1.38 bits per heavy atom. The highest BCUT2D eigenvalue weighted by atomic mass is 32.2. The lowest BCUT2D eigenvalue weighted by Gasteiger charge is -2.28. The maximum atomic E-state index is 12.1. The van der Waals surface area contributed by atoms with Gasteiger partial charge in [-0.15, -0.1) is 11.8 Å². The molecule has 1 saturated carbocycles. The molecule has 2 N–H and O–H groups in total. The smallest absolute Gasteiger partial charge is 0.238 e. The van der Waals surface area contributed by atoms with E-state index in [2.05, 4.69) is 5.32 Å². The quantitative estimate of drug-likeness (QED) is 0.793. The van der Waals surface area contributed by atoms with Gasteiger partial charge in [-0.3, -0.25) is 9.69 Å². The molecule has 1 aromatic carbocycles. The Balaban J connectivity index is 1.86. The molecule has 5 heteroatoms. The Labute approximate surface area is 130 Å². The fourth-order valence-electron chi connectivity index (χ4n) is 2.93. The Hall–Kier alpha value is -1.04. The lowest BCUT2D eigenvalue weighted by molar-refractivity contribution is -0.117. The van der Waals surface area contributed by atoms with E-state index in [0.29, 0.717) is 13.1 Å². The molecule has 0 bridgehead atoms. The van der Waals surface area contributed by atoms with Crippen LogP contribution in [0.2, 0.25) is 0 Å². The predicted octanol–water partition coefficient (Wildman–Crippen LogP) is 2.58. The number of hydrogen-bond donors (Lipinski definition) is 2. The summed E-state index contributed by atoms with van der Waals surface area (Å²) in [6.07, 6.45) is 5.84. The Bertz CT molecular complexity index is 487. The number of nitrogens with one attached hydrogen (secondary N) is 1. The molecule has 0 atom stereocenters. The Kier molecular flexibility index (Phi) is 5.67. The van der Waals surface area contributed by atoms with Crippen LogP contribution < -0.4 is 5.32 Å². The number of amides is 1. The van der Waals surface area contributed by atoms with Gasteiger partial charge in [0.1, 0.15) is 0 Å². The number of carbonyl (C=O) groups excluding carboxylic acids is 1. The molecule has 0 spiro atoms. The van der Waals surface area contributed by atoms with Gasteiger partial charge >= 0.3 is 0 Å². The van der Waals surface area contributed by atoms with Gasteiger partial charge in [-0.2, -0.15) is 0 Å². The summed E-state index contributed by atoms with van der Waals surface area (Å²) in [4.78, 5) is 15.1. The number of nitrogens with zero attached hydrogens (tertiary/aromatic N) is 1. The van der Waals surface area contributed by atoms with Crippen molar-refractivity contribution in [2.75, 3.05) is 31.7 Å². The molecule has 1 amide bonds. The molecule has 0 unspecified atom stereocenters. The van der Waals surface area contributed by atoms with Gasteiger partial charge in [0.05, 0.1) is 17.8 Å². The van der Waals surface area contributed by atoms with Crippen molar-refractivity contribution in [3.05, 3.63) is 24.3 Å². The highest BCUT2D eigenvalue weighted by molar-refractivity contribution is 7.98. The van der Waals surface area contributed by atoms with E-state index in [1.165, 1.54) is 0 Å². The van der Waals surface area contributed by atoms with Crippen LogP contribution in [0.1, 0.15) is 25.7 Å². The number of carbonyl (C=O) groups is 1. The Morgan fingerprint density at radius 2 is 2.05 bits per heavy atom. The number of aliphatic hydroxyl groups is 1. The van der Waals surface area contributed by atoms with E-state index in [4.69, 9.17) is 0 Å². The zero-order valence-corrected chi connectivity index (χ0v) is 13.6. The molecule has 0 aliphatic heterocycles. The van der Waals surface area contributed by atoms with E-state index in [9.17, 15) is 9.90 Å². The van der Waals surface area contributed by atoms with E-state index in [1.807, 2.05) is 42.5 Å². The molecule has 4 nitrogen and oxygen atoms in total. The molecular formula is C16H24N2O2S. The number of likely N-dealkylation sites (N-methyl/N-ethyl adjacent to an activating group) is 1. The third-order valence-corrected chi connectivity index (χ3v) is 4.69. The van der Waals surface area contributed by atoms with E-state index in [0.717, 1.165) is 36.3 Å². The van der Waals surface area contributed by atoms with Crippen LogP contribution >= 0.6 is 11.8 Å². The fraction of sp³-hybridized carbons (Fsp3) is 0.562. The van der Waals surface area contributed by atoms with Gasteiger partial charge in [-0.05, 0) is 38.3 Å². The second-order valence-corrected chi connectivity index (χ2v) is 6.70. The monoisotopic (exact) mass is 308 g/mol. The molecule has 0 aromatic heterocycles. The highest BCUT2D eigenvalue weighted by Crippen LogP contribution is 2.30. The summed E-state index contributed by atoms with van der Waals surface area (Å²) in [5.74, 6) is -0.0411. The van der Waals surface area contributed by atoms with Crippen molar-refractivity contribution >= 4 is 23.4 Å². The van der Waals surface area contributed by atoms with Gasteiger partial charge in [0, 0.05) is 11.4 Å². The summed E-state index contributed by atoms with van der Waals surface area (Å²) < 4.78 is 0. The van der Waals surface area contributed by atoms with Gasteiger partial charge in [0.15, 0.2) is 0 Å². The van der Waals surface area contributed by atoms with E-state index in [-0.39, 0.29) is 5.91 Å². The third-order valence-electron chi connectivity index (χ3n) is 3.89. The van der Waals surface area contributed by atoms with Crippen LogP contribution in [0.4, 0.5) is 5.69 Å². The number of benzene rings is 1. The second-order valence-electron chi connectivity index (χ2n) is 5.85. The first kappa shape index (κ1) is 16.3. The first-order valence-electron chi connectivity index (χ1n) is 7.36. The molecule has 1 aliphatic carbocycles. The average Bonchev–Trinajstić information content (AvgIpc) is 2.85. The first-order chi connectivity index (χ1) is 10.0. The number of thioether (sulfide) groups is 1. The summed E-state index contributed by atoms with van der Waals surface area (Å²) in [5, 5.41) is 13.3. The highest BCUT2D eigenvalue weighted by Gasteiger charge is 2.32. The zero-order valence-electron chi connectivity index (χ0n) is 12.8. The lowest BCUT2D eigenvalue weighted by Crippen LogP contribution is -2.42. The van der Waals surface area contributed by atoms with Crippen molar-refractivity contribution in [2.24, 2.45) is 0 Å². The average molecular weight is 308 g/mol. The minimum Gasteiger partial charge on any atom is -0.389 e. The summed E-state index contributed by atoms with van der Waals surface area (Å²) in [5.41, 5.74) is 0.245. The molecule has 21 heavy (non-hydrogen) atoms. The first-order valence-corrected chi connectivity index (χ1v) is 8.59. The Morgan fingerprint density at radius 3 is 2.71 bits per heavy atom. The predicted molar refractivity (Wildman–Crippen MR) is 87.8 cm³/mol. The minimum atomic E-state index is -0.605. The molecule has 1 fully saturated rings. The molecule has 2 rings (SSSR count). The van der Waals surface area contributed by atoms with E-state index in [1.54, 1.807) is 11.8 Å². The van der Waals surface area contributed by atoms with Crippen LogP contribution in [-0.2, 0) is 4.79 Å². The maximum Gasteiger partial charge on any atom is 0.238 e. The topological polar surface area (TPSA) is 52.6 Å². The molecule has 1 aromatic rings. The second kappa shape index (κ2) is 7.29. The summed E-state index contributed by atoms with van der Waals surface area (Å²) in [6, 6.07) is 7.78. The van der Waals surface area contributed by atoms with Crippen molar-refractivity contribution < 1.29 is 9.90 Å². The minimum absolute atomic E-state index is 0.0411. The summed E-state index contributed by atoms with van der Waals surface area (Å²) in [6.45, 7) is 0.857. The number of hydrogen-bond acceptors (Lipinski definition) is 4. The largest absolute Gasteiger partial charge is 0.389 e. The molecule has 116 valence electrons. The molecule has 0 heterocycles.